The average molecular weight is 358 g/mol. The van der Waals surface area contributed by atoms with Gasteiger partial charge in [0.1, 0.15) is 5.52 Å². The minimum Gasteiger partial charge on any atom is -0.466 e. The number of esters is 2. The number of carbonyl (C=O) groups excluding carboxylic acids is 2. The Hall–Kier alpha value is -2.74. The topological polar surface area (TPSA) is 86.5 Å². The lowest BCUT2D eigenvalue weighted by atomic mass is 10.1. The second kappa shape index (κ2) is 8.09. The van der Waals surface area contributed by atoms with Gasteiger partial charge in [-0.2, -0.15) is 0 Å². The predicted molar refractivity (Wildman–Crippen MR) is 95.1 cm³/mol. The highest BCUT2D eigenvalue weighted by atomic mass is 16.5. The number of benzene rings is 1. The van der Waals surface area contributed by atoms with Crippen molar-refractivity contribution in [2.45, 2.75) is 19.3 Å². The fraction of sp³-hybridized carbons (Fsp3) is 0.444. The van der Waals surface area contributed by atoms with Gasteiger partial charge in [-0.1, -0.05) is 23.8 Å². The number of likely N-dealkylation sites (tertiary alicyclic amines) is 1. The van der Waals surface area contributed by atoms with Gasteiger partial charge < -0.3 is 9.47 Å². The summed E-state index contributed by atoms with van der Waals surface area (Å²) in [5.74, 6) is -1.23. The van der Waals surface area contributed by atoms with E-state index in [4.69, 9.17) is 9.47 Å². The van der Waals surface area contributed by atoms with E-state index in [1.165, 1.54) is 25.3 Å². The van der Waals surface area contributed by atoms with Crippen molar-refractivity contribution in [2.75, 3.05) is 33.9 Å². The van der Waals surface area contributed by atoms with E-state index in [2.05, 4.69) is 15.2 Å². The van der Waals surface area contributed by atoms with E-state index in [0.717, 1.165) is 25.9 Å². The summed E-state index contributed by atoms with van der Waals surface area (Å²) in [6.45, 7) is 2.03. The highest BCUT2D eigenvalue weighted by molar-refractivity contribution is 6.18. The van der Waals surface area contributed by atoms with Crippen LogP contribution in [-0.2, 0) is 19.1 Å². The number of aromatic nitrogens is 3. The van der Waals surface area contributed by atoms with Gasteiger partial charge in [0.25, 0.3) is 0 Å². The van der Waals surface area contributed by atoms with E-state index < -0.39 is 11.9 Å². The minimum atomic E-state index is -0.655. The van der Waals surface area contributed by atoms with Gasteiger partial charge in [0.05, 0.1) is 25.3 Å². The summed E-state index contributed by atoms with van der Waals surface area (Å²) < 4.78 is 11.2. The monoisotopic (exact) mass is 358 g/mol. The summed E-state index contributed by atoms with van der Waals surface area (Å²) >= 11 is 0. The first kappa shape index (κ1) is 18.1. The molecular formula is C18H22N4O4. The molecule has 2 heterocycles. The third-order valence-corrected chi connectivity index (χ3v) is 4.49. The number of hydrogen-bond acceptors (Lipinski definition) is 7. The number of piperidine rings is 1. The molecule has 0 aliphatic carbocycles. The van der Waals surface area contributed by atoms with Crippen molar-refractivity contribution in [3.05, 3.63) is 29.8 Å². The summed E-state index contributed by atoms with van der Waals surface area (Å²) in [5.41, 5.74) is 1.50. The normalized spacial score (nSPS) is 16.2. The molecule has 26 heavy (non-hydrogen) atoms. The molecule has 0 radical (unpaired) electrons. The van der Waals surface area contributed by atoms with Gasteiger partial charge >= 0.3 is 11.9 Å². The number of hydrogen-bond donors (Lipinski definition) is 0. The van der Waals surface area contributed by atoms with Crippen LogP contribution in [0.4, 0.5) is 0 Å². The first-order valence-electron chi connectivity index (χ1n) is 8.58. The van der Waals surface area contributed by atoms with Crippen LogP contribution in [0.2, 0.25) is 0 Å². The molecule has 1 aromatic heterocycles. The smallest absolute Gasteiger partial charge is 0.357 e. The molecular weight excluding hydrogens is 336 g/mol. The second-order valence-corrected chi connectivity index (χ2v) is 6.14. The zero-order valence-electron chi connectivity index (χ0n) is 15.0. The lowest BCUT2D eigenvalue weighted by molar-refractivity contribution is -0.138. The Morgan fingerprint density at radius 1 is 1.04 bits per heavy atom. The number of carbonyl (C=O) groups is 2. The molecule has 8 heteroatoms. The van der Waals surface area contributed by atoms with Crippen LogP contribution < -0.4 is 0 Å². The van der Waals surface area contributed by atoms with Crippen LogP contribution in [0.5, 0.6) is 0 Å². The number of ether oxygens (including phenoxy) is 2. The molecule has 0 N–H and O–H groups in total. The molecule has 1 aromatic carbocycles. The second-order valence-electron chi connectivity index (χ2n) is 6.14. The maximum absolute atomic E-state index is 12.6. The Morgan fingerprint density at radius 3 is 2.42 bits per heavy atom. The first-order valence-corrected chi connectivity index (χ1v) is 8.58. The molecule has 0 spiro atoms. The number of rotatable bonds is 5. The van der Waals surface area contributed by atoms with Gasteiger partial charge in [0.2, 0.25) is 0 Å². The van der Waals surface area contributed by atoms with Crippen LogP contribution in [0.1, 0.15) is 19.3 Å². The largest absolute Gasteiger partial charge is 0.466 e. The first-order chi connectivity index (χ1) is 12.7. The van der Waals surface area contributed by atoms with Crippen molar-refractivity contribution in [1.29, 1.82) is 0 Å². The Kier molecular flexibility index (Phi) is 5.62. The summed E-state index contributed by atoms with van der Waals surface area (Å²) in [4.78, 5) is 27.2. The molecule has 3 rings (SSSR count). The maximum atomic E-state index is 12.6. The molecule has 0 bridgehead atoms. The van der Waals surface area contributed by atoms with E-state index in [1.807, 2.05) is 12.1 Å². The highest BCUT2D eigenvalue weighted by Gasteiger charge is 2.28. The van der Waals surface area contributed by atoms with E-state index >= 15 is 0 Å². The zero-order valence-corrected chi connectivity index (χ0v) is 15.0. The van der Waals surface area contributed by atoms with E-state index in [-0.39, 0.29) is 11.3 Å². The fourth-order valence-corrected chi connectivity index (χ4v) is 3.17. The van der Waals surface area contributed by atoms with Crippen molar-refractivity contribution >= 4 is 28.7 Å². The van der Waals surface area contributed by atoms with Crippen molar-refractivity contribution in [3.8, 4) is 0 Å². The van der Waals surface area contributed by atoms with Gasteiger partial charge in [-0.05, 0) is 38.1 Å². The predicted octanol–water partition coefficient (Wildman–Crippen LogP) is 1.47. The van der Waals surface area contributed by atoms with Gasteiger partial charge in [0.15, 0.2) is 5.70 Å². The molecule has 1 aliphatic heterocycles. The van der Waals surface area contributed by atoms with Crippen LogP contribution in [0.15, 0.2) is 29.8 Å². The molecule has 138 valence electrons. The summed E-state index contributed by atoms with van der Waals surface area (Å²) in [6.07, 6.45) is 3.30. The average Bonchev–Trinajstić information content (AvgIpc) is 3.11. The van der Waals surface area contributed by atoms with Gasteiger partial charge in [-0.3, -0.25) is 4.90 Å². The van der Waals surface area contributed by atoms with Crippen LogP contribution in [0.25, 0.3) is 16.7 Å². The quantitative estimate of drug-likeness (QED) is 0.591. The molecule has 1 aliphatic rings. The summed E-state index contributed by atoms with van der Waals surface area (Å²) in [5, 5.41) is 8.15. The fourth-order valence-electron chi connectivity index (χ4n) is 3.17. The molecule has 0 amide bonds. The molecule has 8 nitrogen and oxygen atoms in total. The van der Waals surface area contributed by atoms with E-state index in [0.29, 0.717) is 17.6 Å². The molecule has 1 fully saturated rings. The Labute approximate surface area is 151 Å². The van der Waals surface area contributed by atoms with Crippen molar-refractivity contribution in [2.24, 2.45) is 0 Å². The summed E-state index contributed by atoms with van der Waals surface area (Å²) in [7, 11) is 2.57. The number of methoxy groups -OCH3 is 2. The van der Waals surface area contributed by atoms with Gasteiger partial charge in [-0.15, -0.1) is 5.10 Å². The Bertz CT molecular complexity index is 837. The van der Waals surface area contributed by atoms with E-state index in [1.54, 1.807) is 12.1 Å². The number of fused-ring (bicyclic) bond motifs is 1. The van der Waals surface area contributed by atoms with Crippen molar-refractivity contribution in [1.82, 2.24) is 19.9 Å². The molecule has 0 unspecified atom stereocenters. The lowest BCUT2D eigenvalue weighted by Gasteiger charge is -2.27. The van der Waals surface area contributed by atoms with Crippen LogP contribution in [0.3, 0.4) is 0 Å². The Morgan fingerprint density at radius 2 is 1.73 bits per heavy atom. The van der Waals surface area contributed by atoms with Gasteiger partial charge in [0, 0.05) is 6.54 Å². The lowest BCUT2D eigenvalue weighted by Crippen LogP contribution is -2.35. The van der Waals surface area contributed by atoms with Gasteiger partial charge in [-0.25, -0.2) is 14.3 Å². The van der Waals surface area contributed by atoms with Crippen LogP contribution in [0, 0.1) is 0 Å². The third kappa shape index (κ3) is 3.60. The van der Waals surface area contributed by atoms with Crippen LogP contribution >= 0.6 is 0 Å². The molecule has 1 saturated heterocycles. The number of nitrogens with zero attached hydrogens (tertiary/aromatic N) is 4. The highest BCUT2D eigenvalue weighted by Crippen LogP contribution is 2.22. The standard InChI is InChI=1S/C18H22N4O4/c1-25-17(23)13(12-21-10-6-3-7-11-21)16(18(24)26-2)22-15-9-5-4-8-14(15)19-20-22/h4-5,8-9H,3,6-7,10-12H2,1-2H3. The summed E-state index contributed by atoms with van der Waals surface area (Å²) in [6, 6.07) is 7.22. The molecule has 0 saturated carbocycles. The van der Waals surface area contributed by atoms with Crippen molar-refractivity contribution < 1.29 is 19.1 Å². The SMILES string of the molecule is COC(=O)C(CN1CCCCC1)=C(C(=O)OC)n1nnc2ccccc21. The molecule has 2 aromatic rings. The number of para-hydroxylation sites is 1. The van der Waals surface area contributed by atoms with E-state index in [9.17, 15) is 9.59 Å². The van der Waals surface area contributed by atoms with Crippen LogP contribution in [-0.4, -0.2) is 65.7 Å². The van der Waals surface area contributed by atoms with Crippen molar-refractivity contribution in [3.63, 3.8) is 0 Å². The molecule has 0 atom stereocenters. The third-order valence-electron chi connectivity index (χ3n) is 4.49. The zero-order chi connectivity index (χ0) is 18.5. The Balaban J connectivity index is 2.13. The maximum Gasteiger partial charge on any atom is 0.357 e. The minimum absolute atomic E-state index is 0.0404.